The van der Waals surface area contributed by atoms with Crippen molar-refractivity contribution in [3.63, 3.8) is 0 Å². The van der Waals surface area contributed by atoms with E-state index in [-0.39, 0.29) is 11.4 Å². The quantitative estimate of drug-likeness (QED) is 0.870. The standard InChI is InChI=1S/C12H11FN2O5S/c1-7-4-9(14-20-7)6-21(18,19)15-11-3-2-8(13)5-10(11)12(16)17/h2-5,15H,6H2,1H3,(H,16,17). The SMILES string of the molecule is Cc1cc(CS(=O)(=O)Nc2ccc(F)cc2C(=O)O)no1. The van der Waals surface area contributed by atoms with E-state index in [1.54, 1.807) is 6.92 Å². The highest BCUT2D eigenvalue weighted by molar-refractivity contribution is 7.91. The molecule has 9 heteroatoms. The van der Waals surface area contributed by atoms with Gasteiger partial charge in [-0.3, -0.25) is 4.72 Å². The predicted octanol–water partition coefficient (Wildman–Crippen LogP) is 1.76. The fourth-order valence-electron chi connectivity index (χ4n) is 1.67. The summed E-state index contributed by atoms with van der Waals surface area (Å²) < 4.78 is 43.8. The van der Waals surface area contributed by atoms with Gasteiger partial charge < -0.3 is 9.63 Å². The average Bonchev–Trinajstić information content (AvgIpc) is 2.75. The molecule has 2 aromatic rings. The number of aromatic carboxylic acids is 1. The molecule has 0 aliphatic rings. The van der Waals surface area contributed by atoms with E-state index < -0.39 is 33.1 Å². The second kappa shape index (κ2) is 5.52. The van der Waals surface area contributed by atoms with E-state index in [2.05, 4.69) is 9.88 Å². The molecule has 21 heavy (non-hydrogen) atoms. The van der Waals surface area contributed by atoms with Gasteiger partial charge in [-0.15, -0.1) is 0 Å². The molecule has 0 radical (unpaired) electrons. The van der Waals surface area contributed by atoms with Crippen molar-refractivity contribution < 1.29 is 27.2 Å². The van der Waals surface area contributed by atoms with Crippen LogP contribution in [0.2, 0.25) is 0 Å². The molecule has 0 fully saturated rings. The minimum atomic E-state index is -3.90. The average molecular weight is 314 g/mol. The molecule has 0 aliphatic carbocycles. The molecule has 0 unspecified atom stereocenters. The summed E-state index contributed by atoms with van der Waals surface area (Å²) in [6.07, 6.45) is 0. The van der Waals surface area contributed by atoms with Crippen LogP contribution in [0.25, 0.3) is 0 Å². The zero-order valence-corrected chi connectivity index (χ0v) is 11.6. The molecule has 1 aromatic heterocycles. The number of rotatable bonds is 5. The summed E-state index contributed by atoms with van der Waals surface area (Å²) in [6.45, 7) is 1.61. The normalized spacial score (nSPS) is 11.3. The first kappa shape index (κ1) is 15.0. The van der Waals surface area contributed by atoms with Crippen LogP contribution in [0.15, 0.2) is 28.8 Å². The van der Waals surface area contributed by atoms with Gasteiger partial charge in [0.1, 0.15) is 23.0 Å². The molecule has 0 saturated carbocycles. The number of aromatic nitrogens is 1. The number of nitrogens with one attached hydrogen (secondary N) is 1. The monoisotopic (exact) mass is 314 g/mol. The molecule has 112 valence electrons. The van der Waals surface area contributed by atoms with Crippen molar-refractivity contribution in [2.24, 2.45) is 0 Å². The lowest BCUT2D eigenvalue weighted by molar-refractivity contribution is 0.0697. The number of carboxylic acid groups (broad SMARTS) is 1. The highest BCUT2D eigenvalue weighted by Crippen LogP contribution is 2.19. The van der Waals surface area contributed by atoms with E-state index >= 15 is 0 Å². The smallest absolute Gasteiger partial charge is 0.337 e. The van der Waals surface area contributed by atoms with Crippen molar-refractivity contribution in [3.8, 4) is 0 Å². The number of hydrogen-bond donors (Lipinski definition) is 2. The Hall–Kier alpha value is -2.42. The molecule has 0 amide bonds. The van der Waals surface area contributed by atoms with Crippen LogP contribution in [0, 0.1) is 12.7 Å². The lowest BCUT2D eigenvalue weighted by Gasteiger charge is -2.09. The first-order valence-corrected chi connectivity index (χ1v) is 7.37. The Kier molecular flexibility index (Phi) is 3.94. The number of nitrogens with zero attached hydrogens (tertiary/aromatic N) is 1. The van der Waals surface area contributed by atoms with E-state index in [9.17, 15) is 17.6 Å². The molecular formula is C12H11FN2O5S. The molecule has 0 spiro atoms. The molecule has 0 bridgehead atoms. The molecule has 1 heterocycles. The van der Waals surface area contributed by atoms with Crippen LogP contribution in [-0.2, 0) is 15.8 Å². The van der Waals surface area contributed by atoms with Crippen LogP contribution >= 0.6 is 0 Å². The van der Waals surface area contributed by atoms with Crippen molar-refractivity contribution >= 4 is 21.7 Å². The van der Waals surface area contributed by atoms with Crippen molar-refractivity contribution in [2.75, 3.05) is 4.72 Å². The molecule has 2 N–H and O–H groups in total. The number of carboxylic acids is 1. The molecule has 1 aromatic carbocycles. The van der Waals surface area contributed by atoms with E-state index in [0.717, 1.165) is 18.2 Å². The van der Waals surface area contributed by atoms with Crippen LogP contribution in [-0.4, -0.2) is 24.7 Å². The van der Waals surface area contributed by atoms with Crippen LogP contribution in [0.1, 0.15) is 21.8 Å². The summed E-state index contributed by atoms with van der Waals surface area (Å²) in [5.41, 5.74) is -0.516. The Morgan fingerprint density at radius 1 is 1.43 bits per heavy atom. The fourth-order valence-corrected chi connectivity index (χ4v) is 2.78. The molecular weight excluding hydrogens is 303 g/mol. The number of aryl methyl sites for hydroxylation is 1. The summed E-state index contributed by atoms with van der Waals surface area (Å²) in [5.74, 6) is -2.25. The van der Waals surface area contributed by atoms with E-state index in [1.165, 1.54) is 6.07 Å². The lowest BCUT2D eigenvalue weighted by Crippen LogP contribution is -2.17. The lowest BCUT2D eigenvalue weighted by atomic mass is 10.2. The zero-order valence-electron chi connectivity index (χ0n) is 10.8. The molecule has 0 saturated heterocycles. The molecule has 0 atom stereocenters. The summed E-state index contributed by atoms with van der Waals surface area (Å²) in [7, 11) is -3.90. The summed E-state index contributed by atoms with van der Waals surface area (Å²) in [6, 6.07) is 4.19. The third kappa shape index (κ3) is 3.78. The zero-order chi connectivity index (χ0) is 15.6. The number of anilines is 1. The maximum absolute atomic E-state index is 13.0. The van der Waals surface area contributed by atoms with Gasteiger partial charge in [0.2, 0.25) is 10.0 Å². The summed E-state index contributed by atoms with van der Waals surface area (Å²) in [5, 5.41) is 12.5. The van der Waals surface area contributed by atoms with E-state index in [0.29, 0.717) is 5.76 Å². The number of sulfonamides is 1. The van der Waals surface area contributed by atoms with Gasteiger partial charge in [-0.05, 0) is 25.1 Å². The number of benzene rings is 1. The maximum Gasteiger partial charge on any atom is 0.337 e. The summed E-state index contributed by atoms with van der Waals surface area (Å²) in [4.78, 5) is 11.0. The first-order valence-electron chi connectivity index (χ1n) is 5.72. The Balaban J connectivity index is 2.26. The Morgan fingerprint density at radius 2 is 2.14 bits per heavy atom. The van der Waals surface area contributed by atoms with Gasteiger partial charge in [0.15, 0.2) is 0 Å². The van der Waals surface area contributed by atoms with Gasteiger partial charge in [-0.25, -0.2) is 17.6 Å². The Labute approximate surface area is 119 Å². The van der Waals surface area contributed by atoms with Crippen LogP contribution in [0.4, 0.5) is 10.1 Å². The van der Waals surface area contributed by atoms with Crippen LogP contribution in [0.5, 0.6) is 0 Å². The third-order valence-electron chi connectivity index (χ3n) is 2.49. The van der Waals surface area contributed by atoms with Gasteiger partial charge in [0.05, 0.1) is 11.3 Å². The number of halogens is 1. The van der Waals surface area contributed by atoms with Crippen molar-refractivity contribution in [3.05, 3.63) is 47.1 Å². The maximum atomic E-state index is 13.0. The fraction of sp³-hybridized carbons (Fsp3) is 0.167. The van der Waals surface area contributed by atoms with Crippen molar-refractivity contribution in [1.29, 1.82) is 0 Å². The van der Waals surface area contributed by atoms with Gasteiger partial charge >= 0.3 is 5.97 Å². The van der Waals surface area contributed by atoms with E-state index in [1.807, 2.05) is 0 Å². The minimum absolute atomic E-state index is 0.180. The van der Waals surface area contributed by atoms with Gasteiger partial charge in [0.25, 0.3) is 0 Å². The Morgan fingerprint density at radius 3 is 2.71 bits per heavy atom. The molecule has 7 nitrogen and oxygen atoms in total. The van der Waals surface area contributed by atoms with Crippen molar-refractivity contribution in [1.82, 2.24) is 5.16 Å². The second-order valence-corrected chi connectivity index (χ2v) is 6.01. The highest BCUT2D eigenvalue weighted by atomic mass is 32.2. The molecule has 0 aliphatic heterocycles. The summed E-state index contributed by atoms with van der Waals surface area (Å²) >= 11 is 0. The van der Waals surface area contributed by atoms with Gasteiger partial charge in [-0.2, -0.15) is 0 Å². The second-order valence-electron chi connectivity index (χ2n) is 4.29. The number of carbonyl (C=O) groups is 1. The van der Waals surface area contributed by atoms with Gasteiger partial charge in [-0.1, -0.05) is 5.16 Å². The van der Waals surface area contributed by atoms with Crippen molar-refractivity contribution in [2.45, 2.75) is 12.7 Å². The largest absolute Gasteiger partial charge is 0.478 e. The number of hydrogen-bond acceptors (Lipinski definition) is 5. The molecule has 2 rings (SSSR count). The Bertz CT molecular complexity index is 785. The highest BCUT2D eigenvalue weighted by Gasteiger charge is 2.19. The third-order valence-corrected chi connectivity index (χ3v) is 3.70. The predicted molar refractivity (Wildman–Crippen MR) is 70.8 cm³/mol. The topological polar surface area (TPSA) is 110 Å². The first-order chi connectivity index (χ1) is 9.77. The van der Waals surface area contributed by atoms with E-state index in [4.69, 9.17) is 9.63 Å². The van der Waals surface area contributed by atoms with Gasteiger partial charge in [0, 0.05) is 6.07 Å². The minimum Gasteiger partial charge on any atom is -0.478 e. The van der Waals surface area contributed by atoms with Crippen LogP contribution < -0.4 is 4.72 Å². The van der Waals surface area contributed by atoms with Crippen LogP contribution in [0.3, 0.4) is 0 Å².